The summed E-state index contributed by atoms with van der Waals surface area (Å²) in [5, 5.41) is 7.37. The fraction of sp³-hybridized carbons (Fsp3) is 0.357. The third-order valence-corrected chi connectivity index (χ3v) is 2.98. The number of rotatable bonds is 5. The zero-order chi connectivity index (χ0) is 15.6. The smallest absolute Gasteiger partial charge is 0.387 e. The average Bonchev–Trinajstić information content (AvgIpc) is 2.69. The van der Waals surface area contributed by atoms with E-state index < -0.39 is 6.61 Å². The van der Waals surface area contributed by atoms with E-state index in [4.69, 9.17) is 5.73 Å². The molecule has 0 radical (unpaired) electrons. The third-order valence-electron chi connectivity index (χ3n) is 2.98. The quantitative estimate of drug-likeness (QED) is 0.883. The maximum absolute atomic E-state index is 12.4. The van der Waals surface area contributed by atoms with Gasteiger partial charge in [0.05, 0.1) is 17.1 Å². The lowest BCUT2D eigenvalue weighted by atomic mass is 10.3. The fourth-order valence-electron chi connectivity index (χ4n) is 1.95. The molecule has 0 saturated heterocycles. The molecular formula is C14H18F2N4O. The number of halogens is 2. The van der Waals surface area contributed by atoms with E-state index in [1.165, 1.54) is 6.07 Å². The number of ether oxygens (including phenoxy) is 1. The molecule has 0 spiro atoms. The van der Waals surface area contributed by atoms with Crippen molar-refractivity contribution in [1.29, 1.82) is 0 Å². The Morgan fingerprint density at radius 1 is 1.29 bits per heavy atom. The van der Waals surface area contributed by atoms with Gasteiger partial charge in [-0.2, -0.15) is 13.9 Å². The number of alkyl halides is 2. The van der Waals surface area contributed by atoms with Gasteiger partial charge in [-0.3, -0.25) is 0 Å². The summed E-state index contributed by atoms with van der Waals surface area (Å²) >= 11 is 0. The Bertz CT molecular complexity index is 625. The minimum atomic E-state index is -2.89. The van der Waals surface area contributed by atoms with Crippen molar-refractivity contribution >= 4 is 17.2 Å². The number of aromatic nitrogens is 2. The SMILES string of the molecule is Cc1nn(C(C)C)c(Nc2ccccc2OC(F)F)c1N. The van der Waals surface area contributed by atoms with Crippen LogP contribution < -0.4 is 15.8 Å². The van der Waals surface area contributed by atoms with Gasteiger partial charge < -0.3 is 15.8 Å². The van der Waals surface area contributed by atoms with E-state index in [0.717, 1.165) is 0 Å². The van der Waals surface area contributed by atoms with Gasteiger partial charge >= 0.3 is 6.61 Å². The monoisotopic (exact) mass is 296 g/mol. The Hall–Kier alpha value is -2.31. The minimum Gasteiger partial charge on any atom is -0.433 e. The van der Waals surface area contributed by atoms with Crippen LogP contribution in [-0.2, 0) is 0 Å². The number of hydrogen-bond donors (Lipinski definition) is 2. The van der Waals surface area contributed by atoms with Gasteiger partial charge in [0.15, 0.2) is 5.82 Å². The molecule has 0 atom stereocenters. The van der Waals surface area contributed by atoms with Gasteiger partial charge in [-0.1, -0.05) is 12.1 Å². The second-order valence-corrected chi connectivity index (χ2v) is 4.89. The van der Waals surface area contributed by atoms with Gasteiger partial charge in [-0.05, 0) is 32.9 Å². The van der Waals surface area contributed by atoms with Crippen molar-refractivity contribution in [2.75, 3.05) is 11.1 Å². The van der Waals surface area contributed by atoms with Crippen LogP contribution in [0.3, 0.4) is 0 Å². The van der Waals surface area contributed by atoms with Crippen molar-refractivity contribution in [1.82, 2.24) is 9.78 Å². The molecule has 0 saturated carbocycles. The van der Waals surface area contributed by atoms with E-state index in [-0.39, 0.29) is 11.8 Å². The predicted octanol–water partition coefficient (Wildman–Crippen LogP) is 3.70. The molecule has 2 aromatic rings. The summed E-state index contributed by atoms with van der Waals surface area (Å²) in [6.07, 6.45) is 0. The zero-order valence-corrected chi connectivity index (χ0v) is 12.1. The first-order valence-electron chi connectivity index (χ1n) is 6.55. The molecule has 0 aliphatic rings. The normalized spacial score (nSPS) is 11.2. The highest BCUT2D eigenvalue weighted by atomic mass is 19.3. The van der Waals surface area contributed by atoms with E-state index in [1.807, 2.05) is 13.8 Å². The Morgan fingerprint density at radius 2 is 1.95 bits per heavy atom. The number of benzene rings is 1. The van der Waals surface area contributed by atoms with Crippen LogP contribution in [0.1, 0.15) is 25.6 Å². The molecule has 7 heteroatoms. The number of nitrogens with one attached hydrogen (secondary N) is 1. The van der Waals surface area contributed by atoms with Crippen LogP contribution in [0.2, 0.25) is 0 Å². The number of anilines is 3. The van der Waals surface area contributed by atoms with Gasteiger partial charge in [-0.15, -0.1) is 0 Å². The number of aryl methyl sites for hydroxylation is 1. The zero-order valence-electron chi connectivity index (χ0n) is 12.1. The Morgan fingerprint density at radius 3 is 2.57 bits per heavy atom. The molecule has 5 nitrogen and oxygen atoms in total. The number of nitrogens with two attached hydrogens (primary N) is 1. The summed E-state index contributed by atoms with van der Waals surface area (Å²) in [7, 11) is 0. The summed E-state index contributed by atoms with van der Waals surface area (Å²) in [5.41, 5.74) is 7.58. The van der Waals surface area contributed by atoms with Crippen LogP contribution in [0.15, 0.2) is 24.3 Å². The van der Waals surface area contributed by atoms with Crippen LogP contribution in [0, 0.1) is 6.92 Å². The summed E-state index contributed by atoms with van der Waals surface area (Å²) in [4.78, 5) is 0. The first-order valence-corrected chi connectivity index (χ1v) is 6.55. The number of hydrogen-bond acceptors (Lipinski definition) is 4. The summed E-state index contributed by atoms with van der Waals surface area (Å²) < 4.78 is 31.1. The second kappa shape index (κ2) is 5.99. The van der Waals surface area contributed by atoms with Gasteiger partial charge in [0.25, 0.3) is 0 Å². The molecule has 3 N–H and O–H groups in total. The molecular weight excluding hydrogens is 278 g/mol. The molecule has 1 heterocycles. The highest BCUT2D eigenvalue weighted by molar-refractivity contribution is 5.74. The van der Waals surface area contributed by atoms with Crippen LogP contribution in [-0.4, -0.2) is 16.4 Å². The minimum absolute atomic E-state index is 0.0565. The predicted molar refractivity (Wildman–Crippen MR) is 78.1 cm³/mol. The Labute approximate surface area is 121 Å². The summed E-state index contributed by atoms with van der Waals surface area (Å²) in [6, 6.07) is 6.53. The lowest BCUT2D eigenvalue weighted by molar-refractivity contribution is -0.0493. The van der Waals surface area contributed by atoms with Crippen molar-refractivity contribution in [2.24, 2.45) is 0 Å². The van der Waals surface area contributed by atoms with E-state index in [9.17, 15) is 8.78 Å². The van der Waals surface area contributed by atoms with E-state index >= 15 is 0 Å². The van der Waals surface area contributed by atoms with Crippen LogP contribution in [0.5, 0.6) is 5.75 Å². The Kier molecular flexibility index (Phi) is 4.30. The molecule has 0 unspecified atom stereocenters. The molecule has 1 aromatic heterocycles. The van der Waals surface area contributed by atoms with E-state index in [1.54, 1.807) is 29.8 Å². The van der Waals surface area contributed by atoms with Gasteiger partial charge in [0, 0.05) is 6.04 Å². The fourth-order valence-corrected chi connectivity index (χ4v) is 1.95. The van der Waals surface area contributed by atoms with Crippen LogP contribution in [0.25, 0.3) is 0 Å². The molecule has 2 rings (SSSR count). The van der Waals surface area contributed by atoms with Crippen molar-refractivity contribution in [3.05, 3.63) is 30.0 Å². The van der Waals surface area contributed by atoms with Crippen molar-refractivity contribution in [2.45, 2.75) is 33.4 Å². The van der Waals surface area contributed by atoms with E-state index in [2.05, 4.69) is 15.2 Å². The largest absolute Gasteiger partial charge is 0.433 e. The second-order valence-electron chi connectivity index (χ2n) is 4.89. The van der Waals surface area contributed by atoms with Gasteiger partial charge in [0.1, 0.15) is 5.75 Å². The molecule has 0 bridgehead atoms. The highest BCUT2D eigenvalue weighted by Crippen LogP contribution is 2.33. The number of para-hydroxylation sites is 2. The lowest BCUT2D eigenvalue weighted by Crippen LogP contribution is -2.10. The highest BCUT2D eigenvalue weighted by Gasteiger charge is 2.17. The molecule has 0 aliphatic heterocycles. The molecule has 0 amide bonds. The standard InChI is InChI=1S/C14H18F2N4O/c1-8(2)20-13(12(17)9(3)19-20)18-10-6-4-5-7-11(10)21-14(15)16/h4-8,14,18H,17H2,1-3H3. The van der Waals surface area contributed by atoms with Gasteiger partial charge in [-0.25, -0.2) is 4.68 Å². The first-order chi connectivity index (χ1) is 9.90. The number of nitrogen functional groups attached to an aromatic ring is 1. The molecule has 1 aromatic carbocycles. The molecule has 0 fully saturated rings. The maximum Gasteiger partial charge on any atom is 0.387 e. The molecule has 114 valence electrons. The maximum atomic E-state index is 12.4. The first kappa shape index (κ1) is 15.1. The Balaban J connectivity index is 2.39. The van der Waals surface area contributed by atoms with Crippen molar-refractivity contribution in [3.8, 4) is 5.75 Å². The third kappa shape index (κ3) is 3.24. The van der Waals surface area contributed by atoms with Gasteiger partial charge in [0.2, 0.25) is 0 Å². The van der Waals surface area contributed by atoms with E-state index in [0.29, 0.717) is 22.9 Å². The number of nitrogens with zero attached hydrogens (tertiary/aromatic N) is 2. The van der Waals surface area contributed by atoms with Crippen LogP contribution in [0.4, 0.5) is 26.0 Å². The molecule has 0 aliphatic carbocycles. The summed E-state index contributed by atoms with van der Waals surface area (Å²) in [6.45, 7) is 2.82. The van der Waals surface area contributed by atoms with Crippen molar-refractivity contribution < 1.29 is 13.5 Å². The molecule has 21 heavy (non-hydrogen) atoms. The summed E-state index contributed by atoms with van der Waals surface area (Å²) in [5.74, 6) is 0.619. The van der Waals surface area contributed by atoms with Crippen molar-refractivity contribution in [3.63, 3.8) is 0 Å². The average molecular weight is 296 g/mol. The topological polar surface area (TPSA) is 65.1 Å². The lowest BCUT2D eigenvalue weighted by Gasteiger charge is -2.16. The van der Waals surface area contributed by atoms with Crippen LogP contribution >= 0.6 is 0 Å².